The summed E-state index contributed by atoms with van der Waals surface area (Å²) in [6.07, 6.45) is 0. The van der Waals surface area contributed by atoms with Crippen molar-refractivity contribution in [1.29, 1.82) is 0 Å². The lowest BCUT2D eigenvalue weighted by Gasteiger charge is -2.18. The molecule has 1 aromatic carbocycles. The predicted octanol–water partition coefficient (Wildman–Crippen LogP) is 2.27. The van der Waals surface area contributed by atoms with Gasteiger partial charge in [0.25, 0.3) is 0 Å². The summed E-state index contributed by atoms with van der Waals surface area (Å²) in [4.78, 5) is 2.32. The number of aliphatic hydroxyl groups excluding tert-OH is 1. The second-order valence-electron chi connectivity index (χ2n) is 4.57. The number of benzene rings is 1. The minimum absolute atomic E-state index is 0.127. The summed E-state index contributed by atoms with van der Waals surface area (Å²) in [6, 6.07) is 8.14. The average molecular weight is 207 g/mol. The van der Waals surface area contributed by atoms with Gasteiger partial charge in [-0.15, -0.1) is 0 Å². The second kappa shape index (κ2) is 5.89. The molecule has 0 atom stereocenters. The zero-order chi connectivity index (χ0) is 11.3. The number of hydrogen-bond acceptors (Lipinski definition) is 2. The Balaban J connectivity index is 2.49. The van der Waals surface area contributed by atoms with Gasteiger partial charge in [-0.05, 0) is 24.1 Å². The van der Waals surface area contributed by atoms with Crippen molar-refractivity contribution < 1.29 is 5.11 Å². The molecule has 0 saturated carbocycles. The highest BCUT2D eigenvalue weighted by molar-refractivity contribution is 5.21. The van der Waals surface area contributed by atoms with Crippen molar-refractivity contribution >= 4 is 0 Å². The molecule has 0 spiro atoms. The first-order valence-electron chi connectivity index (χ1n) is 5.49. The lowest BCUT2D eigenvalue weighted by molar-refractivity contribution is 0.281. The van der Waals surface area contributed by atoms with E-state index in [9.17, 15) is 0 Å². The summed E-state index contributed by atoms with van der Waals surface area (Å²) >= 11 is 0. The van der Waals surface area contributed by atoms with Crippen LogP contribution in [0.25, 0.3) is 0 Å². The van der Waals surface area contributed by atoms with Gasteiger partial charge in [0.2, 0.25) is 0 Å². The van der Waals surface area contributed by atoms with Crippen molar-refractivity contribution in [2.45, 2.75) is 27.0 Å². The average Bonchev–Trinajstić information content (AvgIpc) is 2.17. The monoisotopic (exact) mass is 207 g/mol. The zero-order valence-corrected chi connectivity index (χ0v) is 9.90. The van der Waals surface area contributed by atoms with E-state index in [1.165, 1.54) is 5.56 Å². The minimum atomic E-state index is 0.127. The molecule has 0 unspecified atom stereocenters. The van der Waals surface area contributed by atoms with Crippen molar-refractivity contribution in [2.75, 3.05) is 13.6 Å². The van der Waals surface area contributed by atoms with Gasteiger partial charge >= 0.3 is 0 Å². The zero-order valence-electron chi connectivity index (χ0n) is 9.90. The summed E-state index contributed by atoms with van der Waals surface area (Å²) in [7, 11) is 2.14. The molecule has 1 aromatic rings. The largest absolute Gasteiger partial charge is 0.392 e. The SMILES string of the molecule is CC(C)CN(C)Cc1ccc(CO)cc1. The maximum absolute atomic E-state index is 8.92. The smallest absolute Gasteiger partial charge is 0.0681 e. The summed E-state index contributed by atoms with van der Waals surface area (Å²) in [6.45, 7) is 6.67. The normalized spacial score (nSPS) is 11.3. The van der Waals surface area contributed by atoms with Gasteiger partial charge < -0.3 is 10.0 Å². The molecule has 84 valence electrons. The van der Waals surface area contributed by atoms with E-state index in [2.05, 4.69) is 37.9 Å². The van der Waals surface area contributed by atoms with Crippen molar-refractivity contribution in [3.8, 4) is 0 Å². The van der Waals surface area contributed by atoms with Gasteiger partial charge in [-0.25, -0.2) is 0 Å². The molecule has 0 fully saturated rings. The Hall–Kier alpha value is -0.860. The molecule has 0 aliphatic heterocycles. The minimum Gasteiger partial charge on any atom is -0.392 e. The number of nitrogens with zero attached hydrogens (tertiary/aromatic N) is 1. The van der Waals surface area contributed by atoms with E-state index in [-0.39, 0.29) is 6.61 Å². The van der Waals surface area contributed by atoms with Crippen molar-refractivity contribution in [3.63, 3.8) is 0 Å². The van der Waals surface area contributed by atoms with Gasteiger partial charge in [0, 0.05) is 13.1 Å². The summed E-state index contributed by atoms with van der Waals surface area (Å²) in [5, 5.41) is 8.92. The van der Waals surface area contributed by atoms with E-state index < -0.39 is 0 Å². The van der Waals surface area contributed by atoms with Crippen LogP contribution >= 0.6 is 0 Å². The third-order valence-electron chi connectivity index (χ3n) is 2.33. The molecule has 0 amide bonds. The fourth-order valence-corrected chi connectivity index (χ4v) is 1.75. The lowest BCUT2D eigenvalue weighted by atomic mass is 10.1. The van der Waals surface area contributed by atoms with Gasteiger partial charge in [0.05, 0.1) is 6.61 Å². The van der Waals surface area contributed by atoms with Crippen LogP contribution in [0.3, 0.4) is 0 Å². The maximum atomic E-state index is 8.92. The van der Waals surface area contributed by atoms with Crippen LogP contribution in [-0.2, 0) is 13.2 Å². The van der Waals surface area contributed by atoms with E-state index in [1.54, 1.807) is 0 Å². The molecule has 0 radical (unpaired) electrons. The van der Waals surface area contributed by atoms with Gasteiger partial charge in [0.15, 0.2) is 0 Å². The summed E-state index contributed by atoms with van der Waals surface area (Å²) in [5.74, 6) is 0.701. The molecule has 0 aliphatic rings. The Morgan fingerprint density at radius 3 is 2.13 bits per heavy atom. The van der Waals surface area contributed by atoms with Crippen LogP contribution in [0.1, 0.15) is 25.0 Å². The molecule has 1 rings (SSSR count). The third-order valence-corrected chi connectivity index (χ3v) is 2.33. The first-order valence-corrected chi connectivity index (χ1v) is 5.49. The third kappa shape index (κ3) is 4.45. The predicted molar refractivity (Wildman–Crippen MR) is 63.5 cm³/mol. The van der Waals surface area contributed by atoms with Crippen LogP contribution in [0.15, 0.2) is 24.3 Å². The van der Waals surface area contributed by atoms with E-state index in [0.29, 0.717) is 5.92 Å². The standard InChI is InChI=1S/C13H21NO/c1-11(2)8-14(3)9-12-4-6-13(10-15)7-5-12/h4-7,11,15H,8-10H2,1-3H3. The fraction of sp³-hybridized carbons (Fsp3) is 0.538. The quantitative estimate of drug-likeness (QED) is 0.800. The van der Waals surface area contributed by atoms with Crippen molar-refractivity contribution in [2.24, 2.45) is 5.92 Å². The van der Waals surface area contributed by atoms with Crippen molar-refractivity contribution in [1.82, 2.24) is 4.90 Å². The molecule has 0 saturated heterocycles. The highest BCUT2D eigenvalue weighted by Gasteiger charge is 2.02. The Labute approximate surface area is 92.5 Å². The van der Waals surface area contributed by atoms with Gasteiger partial charge in [0.1, 0.15) is 0 Å². The van der Waals surface area contributed by atoms with Gasteiger partial charge in [-0.3, -0.25) is 0 Å². The highest BCUT2D eigenvalue weighted by atomic mass is 16.3. The van der Waals surface area contributed by atoms with E-state index in [1.807, 2.05) is 12.1 Å². The lowest BCUT2D eigenvalue weighted by Crippen LogP contribution is -2.22. The molecular formula is C13H21NO. The van der Waals surface area contributed by atoms with E-state index >= 15 is 0 Å². The van der Waals surface area contributed by atoms with Crippen LogP contribution in [0.4, 0.5) is 0 Å². The second-order valence-corrected chi connectivity index (χ2v) is 4.57. The van der Waals surface area contributed by atoms with Crippen LogP contribution in [0, 0.1) is 5.92 Å². The maximum Gasteiger partial charge on any atom is 0.0681 e. The first kappa shape index (κ1) is 12.2. The van der Waals surface area contributed by atoms with E-state index in [0.717, 1.165) is 18.7 Å². The molecule has 0 aromatic heterocycles. The summed E-state index contributed by atoms with van der Waals surface area (Å²) < 4.78 is 0. The Morgan fingerprint density at radius 1 is 1.13 bits per heavy atom. The van der Waals surface area contributed by atoms with Crippen LogP contribution in [0.5, 0.6) is 0 Å². The highest BCUT2D eigenvalue weighted by Crippen LogP contribution is 2.07. The fourth-order valence-electron chi connectivity index (χ4n) is 1.75. The molecule has 0 aliphatic carbocycles. The first-order chi connectivity index (χ1) is 7.11. The van der Waals surface area contributed by atoms with Crippen LogP contribution < -0.4 is 0 Å². The molecule has 0 bridgehead atoms. The molecule has 15 heavy (non-hydrogen) atoms. The number of rotatable bonds is 5. The number of hydrogen-bond donors (Lipinski definition) is 1. The van der Waals surface area contributed by atoms with Gasteiger partial charge in [-0.2, -0.15) is 0 Å². The summed E-state index contributed by atoms with van der Waals surface area (Å²) in [5.41, 5.74) is 2.28. The molecule has 1 N–H and O–H groups in total. The molecule has 2 heteroatoms. The Kier molecular flexibility index (Phi) is 4.79. The topological polar surface area (TPSA) is 23.5 Å². The Bertz CT molecular complexity index is 279. The van der Waals surface area contributed by atoms with E-state index in [4.69, 9.17) is 5.11 Å². The van der Waals surface area contributed by atoms with Crippen molar-refractivity contribution in [3.05, 3.63) is 35.4 Å². The van der Waals surface area contributed by atoms with Gasteiger partial charge in [-0.1, -0.05) is 38.1 Å². The number of aliphatic hydroxyl groups is 1. The molecule has 0 heterocycles. The van der Waals surface area contributed by atoms with Crippen LogP contribution in [0.2, 0.25) is 0 Å². The van der Waals surface area contributed by atoms with Crippen LogP contribution in [-0.4, -0.2) is 23.6 Å². The Morgan fingerprint density at radius 2 is 1.67 bits per heavy atom. The molecular weight excluding hydrogens is 186 g/mol. The molecule has 2 nitrogen and oxygen atoms in total.